The second-order valence-electron chi connectivity index (χ2n) is 4.52. The van der Waals surface area contributed by atoms with E-state index in [4.69, 9.17) is 27.0 Å². The van der Waals surface area contributed by atoms with Gasteiger partial charge >= 0.3 is 5.97 Å². The molecule has 0 radical (unpaired) electrons. The lowest BCUT2D eigenvalue weighted by molar-refractivity contribution is 0.0488. The summed E-state index contributed by atoms with van der Waals surface area (Å²) in [5.41, 5.74) is -0.0298. The molecule has 0 aliphatic carbocycles. The van der Waals surface area contributed by atoms with Gasteiger partial charge in [0.05, 0.1) is 22.1 Å². The number of carbonyl (C=O) groups excluding carboxylic acids is 1. The van der Waals surface area contributed by atoms with Crippen LogP contribution in [0.2, 0.25) is 5.02 Å². The molecule has 1 aromatic carbocycles. The average molecular weight is 404 g/mol. The van der Waals surface area contributed by atoms with Crippen LogP contribution in [0.25, 0.3) is 0 Å². The van der Waals surface area contributed by atoms with E-state index >= 15 is 0 Å². The summed E-state index contributed by atoms with van der Waals surface area (Å²) in [4.78, 5) is 11.7. The monoisotopic (exact) mass is 402 g/mol. The molecule has 112 valence electrons. The Morgan fingerprint density at radius 3 is 2.50 bits per heavy atom. The van der Waals surface area contributed by atoms with Crippen molar-refractivity contribution < 1.29 is 17.9 Å². The fourth-order valence-corrected chi connectivity index (χ4v) is 3.91. The van der Waals surface area contributed by atoms with Gasteiger partial charge in [-0.15, -0.1) is 0 Å². The molecular formula is C12H13BrCl2O4S. The van der Waals surface area contributed by atoms with Gasteiger partial charge in [0.15, 0.2) is 0 Å². The third-order valence-corrected chi connectivity index (χ3v) is 5.03. The van der Waals surface area contributed by atoms with E-state index in [1.54, 1.807) is 0 Å². The normalized spacial score (nSPS) is 11.7. The van der Waals surface area contributed by atoms with Gasteiger partial charge in [-0.1, -0.05) is 25.4 Å². The molecule has 8 heteroatoms. The van der Waals surface area contributed by atoms with E-state index in [0.29, 0.717) is 12.3 Å². The highest BCUT2D eigenvalue weighted by Crippen LogP contribution is 2.31. The average Bonchev–Trinajstić information content (AvgIpc) is 2.26. The standard InChI is InChI=1S/C12H13BrCl2O4S/c1-7(2)3-4-19-12(16)8-5-11(20(15,17)18)9(13)6-10(8)14/h5-7H,3-4H2,1-2H3. The number of halogens is 3. The van der Waals surface area contributed by atoms with E-state index < -0.39 is 15.0 Å². The van der Waals surface area contributed by atoms with Crippen LogP contribution in [0.4, 0.5) is 0 Å². The third-order valence-electron chi connectivity index (χ3n) is 2.43. The highest BCUT2D eigenvalue weighted by molar-refractivity contribution is 9.10. The van der Waals surface area contributed by atoms with Crippen LogP contribution in [-0.4, -0.2) is 21.0 Å². The van der Waals surface area contributed by atoms with Gasteiger partial charge in [-0.3, -0.25) is 0 Å². The summed E-state index contributed by atoms with van der Waals surface area (Å²) >= 11 is 8.96. The first kappa shape index (κ1) is 17.8. The van der Waals surface area contributed by atoms with Crippen molar-refractivity contribution in [1.82, 2.24) is 0 Å². The Kier molecular flexibility index (Phi) is 6.31. The molecule has 20 heavy (non-hydrogen) atoms. The van der Waals surface area contributed by atoms with Crippen molar-refractivity contribution in [2.24, 2.45) is 5.92 Å². The van der Waals surface area contributed by atoms with E-state index in [9.17, 15) is 13.2 Å². The molecule has 0 fully saturated rings. The van der Waals surface area contributed by atoms with Crippen LogP contribution in [0.15, 0.2) is 21.5 Å². The Labute approximate surface area is 135 Å². The maximum Gasteiger partial charge on any atom is 0.339 e. The molecule has 0 aliphatic heterocycles. The first-order valence-electron chi connectivity index (χ1n) is 5.73. The van der Waals surface area contributed by atoms with Crippen molar-refractivity contribution in [3.8, 4) is 0 Å². The predicted molar refractivity (Wildman–Crippen MR) is 81.9 cm³/mol. The zero-order valence-corrected chi connectivity index (χ0v) is 14.7. The lowest BCUT2D eigenvalue weighted by Crippen LogP contribution is -2.10. The van der Waals surface area contributed by atoms with Gasteiger partial charge in [0, 0.05) is 15.2 Å². The minimum atomic E-state index is -3.98. The molecular weight excluding hydrogens is 391 g/mol. The molecule has 0 heterocycles. The minimum Gasteiger partial charge on any atom is -0.462 e. The number of benzene rings is 1. The third kappa shape index (κ3) is 4.91. The summed E-state index contributed by atoms with van der Waals surface area (Å²) in [6.45, 7) is 4.24. The molecule has 0 atom stereocenters. The molecule has 0 N–H and O–H groups in total. The smallest absolute Gasteiger partial charge is 0.339 e. The van der Waals surface area contributed by atoms with Crippen LogP contribution in [-0.2, 0) is 13.8 Å². The minimum absolute atomic E-state index is 0.0298. The van der Waals surface area contributed by atoms with Crippen LogP contribution in [0.1, 0.15) is 30.6 Å². The molecule has 0 aliphatic rings. The number of carbonyl (C=O) groups is 1. The summed E-state index contributed by atoms with van der Waals surface area (Å²) in [5.74, 6) is -0.285. The zero-order valence-electron chi connectivity index (χ0n) is 10.8. The van der Waals surface area contributed by atoms with Crippen LogP contribution in [0.5, 0.6) is 0 Å². The summed E-state index contributed by atoms with van der Waals surface area (Å²) in [6.07, 6.45) is 0.709. The molecule has 4 nitrogen and oxygen atoms in total. The summed E-state index contributed by atoms with van der Waals surface area (Å²) in [5, 5.41) is 0.0930. The molecule has 0 aromatic heterocycles. The van der Waals surface area contributed by atoms with Gasteiger partial charge in [0.1, 0.15) is 0 Å². The van der Waals surface area contributed by atoms with Crippen LogP contribution < -0.4 is 0 Å². The molecule has 0 saturated heterocycles. The van der Waals surface area contributed by atoms with Crippen molar-refractivity contribution in [3.05, 3.63) is 27.2 Å². The molecule has 0 spiro atoms. The van der Waals surface area contributed by atoms with Crippen molar-refractivity contribution in [1.29, 1.82) is 0 Å². The fraction of sp³-hybridized carbons (Fsp3) is 0.417. The zero-order chi connectivity index (χ0) is 15.5. The van der Waals surface area contributed by atoms with E-state index in [1.165, 1.54) is 6.07 Å². The second-order valence-corrected chi connectivity index (χ2v) is 8.31. The van der Waals surface area contributed by atoms with Gasteiger partial charge in [-0.05, 0) is 40.4 Å². The number of esters is 1. The molecule has 0 bridgehead atoms. The highest BCUT2D eigenvalue weighted by Gasteiger charge is 2.21. The molecule has 0 amide bonds. The van der Waals surface area contributed by atoms with Crippen molar-refractivity contribution in [2.45, 2.75) is 25.2 Å². The fourth-order valence-electron chi connectivity index (χ4n) is 1.34. The van der Waals surface area contributed by atoms with Crippen molar-refractivity contribution in [2.75, 3.05) is 6.61 Å². The Morgan fingerprint density at radius 2 is 2.00 bits per heavy atom. The Morgan fingerprint density at radius 1 is 1.40 bits per heavy atom. The van der Waals surface area contributed by atoms with Gasteiger partial charge < -0.3 is 4.74 Å². The molecule has 1 rings (SSSR count). The van der Waals surface area contributed by atoms with Gasteiger partial charge in [-0.2, -0.15) is 0 Å². The SMILES string of the molecule is CC(C)CCOC(=O)c1cc(S(=O)(=O)Cl)c(Br)cc1Cl. The van der Waals surface area contributed by atoms with Crippen molar-refractivity contribution in [3.63, 3.8) is 0 Å². The lowest BCUT2D eigenvalue weighted by atomic mass is 10.1. The Hall–Kier alpha value is -0.300. The van der Waals surface area contributed by atoms with Crippen LogP contribution in [0, 0.1) is 5.92 Å². The maximum absolute atomic E-state index is 11.9. The number of hydrogen-bond acceptors (Lipinski definition) is 4. The van der Waals surface area contributed by atoms with Crippen LogP contribution >= 0.6 is 38.2 Å². The molecule has 1 aromatic rings. The molecule has 0 unspecified atom stereocenters. The van der Waals surface area contributed by atoms with E-state index in [1.807, 2.05) is 13.8 Å². The Bertz CT molecular complexity index is 614. The quantitative estimate of drug-likeness (QED) is 0.545. The summed E-state index contributed by atoms with van der Waals surface area (Å²) in [7, 11) is 1.30. The largest absolute Gasteiger partial charge is 0.462 e. The first-order chi connectivity index (χ1) is 9.12. The topological polar surface area (TPSA) is 60.4 Å². The van der Waals surface area contributed by atoms with Crippen molar-refractivity contribution >= 4 is 53.2 Å². The second kappa shape index (κ2) is 7.11. The van der Waals surface area contributed by atoms with E-state index in [2.05, 4.69) is 15.9 Å². The van der Waals surface area contributed by atoms with Gasteiger partial charge in [0.2, 0.25) is 0 Å². The molecule has 0 saturated carbocycles. The van der Waals surface area contributed by atoms with Gasteiger partial charge in [0.25, 0.3) is 9.05 Å². The lowest BCUT2D eigenvalue weighted by Gasteiger charge is -2.09. The van der Waals surface area contributed by atoms with Crippen LogP contribution in [0.3, 0.4) is 0 Å². The predicted octanol–water partition coefficient (Wildman–Crippen LogP) is 4.23. The summed E-state index contributed by atoms with van der Waals surface area (Å²) in [6, 6.07) is 2.41. The number of rotatable bonds is 5. The first-order valence-corrected chi connectivity index (χ1v) is 9.21. The maximum atomic E-state index is 11.9. The number of hydrogen-bond donors (Lipinski definition) is 0. The summed E-state index contributed by atoms with van der Waals surface area (Å²) < 4.78 is 28.0. The Balaban J connectivity index is 3.04. The van der Waals surface area contributed by atoms with Gasteiger partial charge in [-0.25, -0.2) is 13.2 Å². The number of ether oxygens (including phenoxy) is 1. The van der Waals surface area contributed by atoms with E-state index in [0.717, 1.165) is 6.07 Å². The van der Waals surface area contributed by atoms with E-state index in [-0.39, 0.29) is 26.6 Å². The highest BCUT2D eigenvalue weighted by atomic mass is 79.9.